The molecule has 1 atom stereocenters. The lowest BCUT2D eigenvalue weighted by atomic mass is 10.1. The van der Waals surface area contributed by atoms with Crippen molar-refractivity contribution in [3.8, 4) is 0 Å². The van der Waals surface area contributed by atoms with Crippen LogP contribution in [-0.4, -0.2) is 53.5 Å². The molecule has 12 heteroatoms. The topological polar surface area (TPSA) is 78.5 Å². The van der Waals surface area contributed by atoms with Gasteiger partial charge in [-0.05, 0) is 25.0 Å². The Balaban J connectivity index is 1.74. The minimum atomic E-state index is -5.67. The molecule has 4 rings (SSSR count). The van der Waals surface area contributed by atoms with Gasteiger partial charge in [0.2, 0.25) is 0 Å². The van der Waals surface area contributed by atoms with Crippen molar-refractivity contribution >= 4 is 15.7 Å². The lowest BCUT2D eigenvalue weighted by molar-refractivity contribution is -0.0496. The Kier molecular flexibility index (Phi) is 6.46. The number of hydrogen-bond acceptors (Lipinski definition) is 5. The summed E-state index contributed by atoms with van der Waals surface area (Å²) in [5.41, 5.74) is -4.62. The molecule has 2 heterocycles. The summed E-state index contributed by atoms with van der Waals surface area (Å²) in [6.07, 6.45) is 6.72. The van der Waals surface area contributed by atoms with Crippen molar-refractivity contribution in [2.75, 3.05) is 18.1 Å². The molecule has 0 spiro atoms. The maximum Gasteiger partial charge on any atom is 0.511 e. The molecule has 1 aliphatic heterocycles. The molecule has 0 saturated heterocycles. The first-order valence-electron chi connectivity index (χ1n) is 10.4. The number of anilines is 1. The van der Waals surface area contributed by atoms with Crippen LogP contribution in [0.3, 0.4) is 0 Å². The van der Waals surface area contributed by atoms with E-state index in [0.29, 0.717) is 15.7 Å². The molecule has 1 saturated carbocycles. The number of ether oxygens (including phenoxy) is 1. The maximum atomic E-state index is 14.7. The number of imidazole rings is 1. The average Bonchev–Trinajstić information content (AvgIpc) is 3.40. The zero-order valence-corrected chi connectivity index (χ0v) is 18.0. The third-order valence-electron chi connectivity index (χ3n) is 5.95. The van der Waals surface area contributed by atoms with Crippen LogP contribution in [0.15, 0.2) is 30.7 Å². The van der Waals surface area contributed by atoms with Crippen molar-refractivity contribution in [3.05, 3.63) is 47.8 Å². The number of alkyl halides is 3. The van der Waals surface area contributed by atoms with Gasteiger partial charge in [0.25, 0.3) is 0 Å². The van der Waals surface area contributed by atoms with Crippen molar-refractivity contribution < 1.29 is 30.7 Å². The Morgan fingerprint density at radius 2 is 1.97 bits per heavy atom. The van der Waals surface area contributed by atoms with Gasteiger partial charge in [0, 0.05) is 30.5 Å². The van der Waals surface area contributed by atoms with Crippen LogP contribution in [-0.2, 0) is 27.8 Å². The number of nitrogens with zero attached hydrogens (tertiary/aromatic N) is 3. The SMILES string of the molecule is O=S(=O)(N1Cc2c(F)cccc2N(Cc2cnc[nH]2)[C@@H](COC2CCCC2)C1)C(F)(F)F. The molecular weight excluding hydrogens is 452 g/mol. The molecule has 1 fully saturated rings. The van der Waals surface area contributed by atoms with Gasteiger partial charge < -0.3 is 14.6 Å². The standard InChI is InChI=1S/C20H24F4N4O3S/c21-18-6-3-7-19-17(18)11-27(32(29,30)20(22,23)24)10-15(12-31-16-4-1-2-5-16)28(19)9-14-8-25-13-26-14/h3,6-8,13,15-16H,1-2,4-5,9-12H2,(H,25,26)/t15-/m1/s1. The summed E-state index contributed by atoms with van der Waals surface area (Å²) in [7, 11) is -5.67. The molecule has 1 N–H and O–H groups in total. The van der Waals surface area contributed by atoms with Crippen molar-refractivity contribution in [1.82, 2.24) is 14.3 Å². The number of rotatable bonds is 6. The minimum absolute atomic E-state index is 0.0125. The number of aromatic amines is 1. The van der Waals surface area contributed by atoms with Gasteiger partial charge >= 0.3 is 15.5 Å². The van der Waals surface area contributed by atoms with Gasteiger partial charge in [-0.25, -0.2) is 17.8 Å². The Labute approximate surface area is 183 Å². The third kappa shape index (κ3) is 4.62. The largest absolute Gasteiger partial charge is 0.511 e. The number of nitrogens with one attached hydrogen (secondary N) is 1. The van der Waals surface area contributed by atoms with Crippen LogP contribution in [0.25, 0.3) is 0 Å². The fourth-order valence-corrected chi connectivity index (χ4v) is 5.25. The first-order chi connectivity index (χ1) is 15.2. The second-order valence-electron chi connectivity index (χ2n) is 8.08. The fourth-order valence-electron chi connectivity index (χ4n) is 4.29. The van der Waals surface area contributed by atoms with Crippen LogP contribution in [0.5, 0.6) is 0 Å². The van der Waals surface area contributed by atoms with Crippen molar-refractivity contribution in [2.45, 2.75) is 56.4 Å². The normalized spacial score (nSPS) is 21.0. The number of benzene rings is 1. The minimum Gasteiger partial charge on any atom is -0.376 e. The van der Waals surface area contributed by atoms with E-state index >= 15 is 0 Å². The van der Waals surface area contributed by atoms with E-state index in [2.05, 4.69) is 9.97 Å². The first-order valence-corrected chi connectivity index (χ1v) is 11.8. The number of sulfonamides is 1. The second-order valence-corrected chi connectivity index (χ2v) is 10.0. The highest BCUT2D eigenvalue weighted by Crippen LogP contribution is 2.36. The van der Waals surface area contributed by atoms with Gasteiger partial charge in [0.15, 0.2) is 0 Å². The molecule has 1 aliphatic carbocycles. The Bertz CT molecular complexity index is 1020. The second kappa shape index (κ2) is 8.99. The van der Waals surface area contributed by atoms with E-state index < -0.39 is 40.5 Å². The number of hydrogen-bond donors (Lipinski definition) is 1. The van der Waals surface area contributed by atoms with Crippen LogP contribution in [0.1, 0.15) is 36.9 Å². The highest BCUT2D eigenvalue weighted by Gasteiger charge is 2.51. The van der Waals surface area contributed by atoms with Gasteiger partial charge in [0.1, 0.15) is 5.82 Å². The van der Waals surface area contributed by atoms with Crippen molar-refractivity contribution in [2.24, 2.45) is 0 Å². The van der Waals surface area contributed by atoms with Gasteiger partial charge in [-0.15, -0.1) is 0 Å². The number of aromatic nitrogens is 2. The predicted molar refractivity (Wildman–Crippen MR) is 109 cm³/mol. The third-order valence-corrected chi connectivity index (χ3v) is 7.49. The van der Waals surface area contributed by atoms with Gasteiger partial charge in [0.05, 0.1) is 37.3 Å². The van der Waals surface area contributed by atoms with Crippen LogP contribution in [0.4, 0.5) is 23.2 Å². The van der Waals surface area contributed by atoms with E-state index in [1.165, 1.54) is 12.4 Å². The monoisotopic (exact) mass is 476 g/mol. The zero-order valence-electron chi connectivity index (χ0n) is 17.2. The Morgan fingerprint density at radius 3 is 2.62 bits per heavy atom. The smallest absolute Gasteiger partial charge is 0.376 e. The van der Waals surface area contributed by atoms with E-state index in [9.17, 15) is 26.0 Å². The number of H-pyrrole nitrogens is 1. The van der Waals surface area contributed by atoms with E-state index in [1.807, 2.05) is 0 Å². The fraction of sp³-hybridized carbons (Fsp3) is 0.550. The summed E-state index contributed by atoms with van der Waals surface area (Å²) >= 11 is 0. The average molecular weight is 476 g/mol. The lowest BCUT2D eigenvalue weighted by Gasteiger charge is -2.34. The molecule has 0 amide bonds. The Hall–Kier alpha value is -2.18. The first kappa shape index (κ1) is 23.0. The van der Waals surface area contributed by atoms with Crippen molar-refractivity contribution in [1.29, 1.82) is 0 Å². The molecular formula is C20H24F4N4O3S. The Morgan fingerprint density at radius 1 is 1.22 bits per heavy atom. The molecule has 176 valence electrons. The molecule has 2 aromatic rings. The zero-order chi connectivity index (χ0) is 22.9. The van der Waals surface area contributed by atoms with Crippen LogP contribution >= 0.6 is 0 Å². The predicted octanol–water partition coefficient (Wildman–Crippen LogP) is 3.55. The number of halogens is 4. The molecule has 32 heavy (non-hydrogen) atoms. The van der Waals surface area contributed by atoms with E-state index in [4.69, 9.17) is 4.74 Å². The molecule has 0 bridgehead atoms. The van der Waals surface area contributed by atoms with E-state index in [0.717, 1.165) is 31.7 Å². The summed E-state index contributed by atoms with van der Waals surface area (Å²) in [6, 6.07) is 3.39. The molecule has 0 unspecified atom stereocenters. The van der Waals surface area contributed by atoms with Gasteiger partial charge in [-0.2, -0.15) is 17.5 Å². The maximum absolute atomic E-state index is 14.7. The van der Waals surface area contributed by atoms with Crippen LogP contribution < -0.4 is 4.90 Å². The van der Waals surface area contributed by atoms with E-state index in [-0.39, 0.29) is 24.8 Å². The highest BCUT2D eigenvalue weighted by atomic mass is 32.2. The van der Waals surface area contributed by atoms with Gasteiger partial charge in [-0.3, -0.25) is 0 Å². The van der Waals surface area contributed by atoms with Gasteiger partial charge in [-0.1, -0.05) is 18.9 Å². The summed E-state index contributed by atoms with van der Waals surface area (Å²) in [5.74, 6) is -0.767. The van der Waals surface area contributed by atoms with E-state index in [1.54, 1.807) is 17.2 Å². The molecule has 1 aromatic carbocycles. The van der Waals surface area contributed by atoms with Crippen LogP contribution in [0.2, 0.25) is 0 Å². The summed E-state index contributed by atoms with van der Waals surface area (Å²) in [4.78, 5) is 8.60. The summed E-state index contributed by atoms with van der Waals surface area (Å²) in [5, 5.41) is 0. The summed E-state index contributed by atoms with van der Waals surface area (Å²) in [6.45, 7) is -1.02. The quantitative estimate of drug-likeness (QED) is 0.646. The molecule has 0 radical (unpaired) electrons. The summed E-state index contributed by atoms with van der Waals surface area (Å²) < 4.78 is 85.9. The van der Waals surface area contributed by atoms with Crippen molar-refractivity contribution in [3.63, 3.8) is 0 Å². The molecule has 7 nitrogen and oxygen atoms in total. The molecule has 1 aromatic heterocycles. The highest BCUT2D eigenvalue weighted by molar-refractivity contribution is 7.89. The lowest BCUT2D eigenvalue weighted by Crippen LogP contribution is -2.49. The number of fused-ring (bicyclic) bond motifs is 1. The molecule has 2 aliphatic rings. The van der Waals surface area contributed by atoms with Crippen LogP contribution in [0, 0.1) is 5.82 Å².